The molecule has 112 valence electrons. The van der Waals surface area contributed by atoms with E-state index in [1.54, 1.807) is 24.5 Å². The van der Waals surface area contributed by atoms with Gasteiger partial charge in [0.2, 0.25) is 5.91 Å². The molecule has 2 aromatic carbocycles. The molecule has 4 aromatic rings. The van der Waals surface area contributed by atoms with Crippen LogP contribution in [0.15, 0.2) is 60.9 Å². The molecule has 0 atom stereocenters. The minimum atomic E-state index is -0.446. The predicted octanol–water partition coefficient (Wildman–Crippen LogP) is 2.73. The van der Waals surface area contributed by atoms with Crippen LogP contribution in [0.4, 0.5) is 0 Å². The van der Waals surface area contributed by atoms with Gasteiger partial charge in [-0.1, -0.05) is 30.3 Å². The zero-order chi connectivity index (χ0) is 15.8. The van der Waals surface area contributed by atoms with Gasteiger partial charge in [-0.05, 0) is 23.8 Å². The van der Waals surface area contributed by atoms with Crippen molar-refractivity contribution < 1.29 is 4.79 Å². The summed E-state index contributed by atoms with van der Waals surface area (Å²) >= 11 is 0. The summed E-state index contributed by atoms with van der Waals surface area (Å²) in [6.07, 6.45) is 3.59. The normalized spacial score (nSPS) is 11.1. The van der Waals surface area contributed by atoms with Gasteiger partial charge < -0.3 is 5.73 Å². The van der Waals surface area contributed by atoms with Crippen LogP contribution in [0, 0.1) is 0 Å². The van der Waals surface area contributed by atoms with Crippen LogP contribution >= 0.6 is 0 Å². The van der Waals surface area contributed by atoms with Crippen molar-refractivity contribution in [3.05, 3.63) is 72.1 Å². The van der Waals surface area contributed by atoms with E-state index < -0.39 is 5.91 Å². The number of carbonyl (C=O) groups is 1. The summed E-state index contributed by atoms with van der Waals surface area (Å²) in [5.41, 5.74) is 8.81. The number of carbonyl (C=O) groups excluding carboxylic acids is 1. The van der Waals surface area contributed by atoms with E-state index >= 15 is 0 Å². The predicted molar refractivity (Wildman–Crippen MR) is 89.1 cm³/mol. The summed E-state index contributed by atoms with van der Waals surface area (Å²) < 4.78 is 1.93. The Hall–Kier alpha value is -3.21. The van der Waals surface area contributed by atoms with Gasteiger partial charge in [-0.15, -0.1) is 0 Å². The van der Waals surface area contributed by atoms with E-state index in [2.05, 4.69) is 22.2 Å². The lowest BCUT2D eigenvalue weighted by Crippen LogP contribution is -2.10. The monoisotopic (exact) mass is 302 g/mol. The summed E-state index contributed by atoms with van der Waals surface area (Å²) in [7, 11) is 0. The molecule has 0 spiro atoms. The van der Waals surface area contributed by atoms with E-state index in [1.807, 2.05) is 28.9 Å². The first kappa shape index (κ1) is 13.5. The average molecular weight is 302 g/mol. The molecule has 1 amide bonds. The number of rotatable bonds is 3. The second kappa shape index (κ2) is 5.21. The fraction of sp³-hybridized carbons (Fsp3) is 0.0556. The van der Waals surface area contributed by atoms with Crippen LogP contribution in [0.25, 0.3) is 21.8 Å². The van der Waals surface area contributed by atoms with Gasteiger partial charge in [-0.25, -0.2) is 0 Å². The Morgan fingerprint density at radius 2 is 1.91 bits per heavy atom. The van der Waals surface area contributed by atoms with Crippen LogP contribution in [0.3, 0.4) is 0 Å². The van der Waals surface area contributed by atoms with Crippen LogP contribution in [-0.4, -0.2) is 20.7 Å². The van der Waals surface area contributed by atoms with Crippen molar-refractivity contribution in [3.63, 3.8) is 0 Å². The molecule has 0 saturated heterocycles. The molecule has 0 aliphatic rings. The Labute approximate surface area is 132 Å². The number of pyridine rings is 1. The zero-order valence-electron chi connectivity index (χ0n) is 12.3. The minimum Gasteiger partial charge on any atom is -0.366 e. The first-order chi connectivity index (χ1) is 11.2. The van der Waals surface area contributed by atoms with Gasteiger partial charge in [-0.2, -0.15) is 5.10 Å². The Bertz CT molecular complexity index is 1020. The molecule has 23 heavy (non-hydrogen) atoms. The first-order valence-corrected chi connectivity index (χ1v) is 7.30. The lowest BCUT2D eigenvalue weighted by atomic mass is 10.1. The molecule has 4 rings (SSSR count). The Balaban J connectivity index is 1.94. The van der Waals surface area contributed by atoms with Crippen molar-refractivity contribution in [2.75, 3.05) is 0 Å². The van der Waals surface area contributed by atoms with Gasteiger partial charge in [0, 0.05) is 22.5 Å². The van der Waals surface area contributed by atoms with E-state index in [4.69, 9.17) is 5.73 Å². The van der Waals surface area contributed by atoms with Gasteiger partial charge in [0.25, 0.3) is 0 Å². The molecule has 2 heterocycles. The third kappa shape index (κ3) is 2.32. The zero-order valence-corrected chi connectivity index (χ0v) is 12.3. The number of amides is 1. The van der Waals surface area contributed by atoms with Crippen molar-refractivity contribution in [2.45, 2.75) is 6.54 Å². The van der Waals surface area contributed by atoms with E-state index in [9.17, 15) is 4.79 Å². The summed E-state index contributed by atoms with van der Waals surface area (Å²) in [5.74, 6) is -0.446. The summed E-state index contributed by atoms with van der Waals surface area (Å²) in [4.78, 5) is 15.9. The largest absolute Gasteiger partial charge is 0.366 e. The third-order valence-electron chi connectivity index (χ3n) is 3.92. The van der Waals surface area contributed by atoms with E-state index in [0.717, 1.165) is 27.4 Å². The molecule has 0 saturated carbocycles. The Morgan fingerprint density at radius 3 is 2.70 bits per heavy atom. The second-order valence-electron chi connectivity index (χ2n) is 5.45. The van der Waals surface area contributed by atoms with Gasteiger partial charge in [0.1, 0.15) is 0 Å². The third-order valence-corrected chi connectivity index (χ3v) is 3.92. The second-order valence-corrected chi connectivity index (χ2v) is 5.45. The number of hydrogen-bond acceptors (Lipinski definition) is 3. The molecule has 0 aliphatic carbocycles. The molecule has 0 aliphatic heterocycles. The van der Waals surface area contributed by atoms with Crippen LogP contribution in [0.5, 0.6) is 0 Å². The highest BCUT2D eigenvalue weighted by molar-refractivity contribution is 6.06. The molecule has 2 aromatic heterocycles. The summed E-state index contributed by atoms with van der Waals surface area (Å²) in [6.45, 7) is 0.657. The smallest absolute Gasteiger partial charge is 0.248 e. The number of nitrogens with two attached hydrogens (primary N) is 1. The lowest BCUT2D eigenvalue weighted by molar-refractivity contribution is 0.100. The van der Waals surface area contributed by atoms with Crippen LogP contribution in [-0.2, 0) is 6.54 Å². The van der Waals surface area contributed by atoms with Gasteiger partial charge in [-0.3, -0.25) is 14.5 Å². The van der Waals surface area contributed by atoms with Crippen LogP contribution in [0.1, 0.15) is 15.9 Å². The number of hydrogen-bond donors (Lipinski definition) is 1. The molecule has 0 fully saturated rings. The van der Waals surface area contributed by atoms with Crippen molar-refractivity contribution in [3.8, 4) is 0 Å². The SMILES string of the molecule is NC(=O)c1ccc2ncc3cnn(Cc4ccccc4)c3c2c1. The number of primary amides is 1. The van der Waals surface area contributed by atoms with E-state index in [0.29, 0.717) is 12.1 Å². The van der Waals surface area contributed by atoms with Crippen LogP contribution in [0.2, 0.25) is 0 Å². The van der Waals surface area contributed by atoms with Gasteiger partial charge in [0.05, 0.1) is 23.8 Å². The highest BCUT2D eigenvalue weighted by atomic mass is 16.1. The molecular formula is C18H14N4O. The Kier molecular flexibility index (Phi) is 3.05. The number of fused-ring (bicyclic) bond motifs is 3. The maximum Gasteiger partial charge on any atom is 0.248 e. The van der Waals surface area contributed by atoms with Crippen molar-refractivity contribution >= 4 is 27.7 Å². The highest BCUT2D eigenvalue weighted by Gasteiger charge is 2.11. The van der Waals surface area contributed by atoms with Crippen molar-refractivity contribution in [1.29, 1.82) is 0 Å². The quantitative estimate of drug-likeness (QED) is 0.632. The average Bonchev–Trinajstić information content (AvgIpc) is 2.98. The standard InChI is InChI=1S/C18H14N4O/c19-18(23)13-6-7-16-15(8-13)17-14(9-20-16)10-21-22(17)11-12-4-2-1-3-5-12/h1-10H,11H2,(H2,19,23). The highest BCUT2D eigenvalue weighted by Crippen LogP contribution is 2.25. The fourth-order valence-electron chi connectivity index (χ4n) is 2.80. The summed E-state index contributed by atoms with van der Waals surface area (Å²) in [6, 6.07) is 15.4. The number of aromatic nitrogens is 3. The lowest BCUT2D eigenvalue weighted by Gasteiger charge is -2.07. The number of benzene rings is 2. The minimum absolute atomic E-state index is 0.446. The Morgan fingerprint density at radius 1 is 1.09 bits per heavy atom. The molecular weight excluding hydrogens is 288 g/mol. The van der Waals surface area contributed by atoms with Gasteiger partial charge >= 0.3 is 0 Å². The molecule has 5 heteroatoms. The van der Waals surface area contributed by atoms with E-state index in [-0.39, 0.29) is 0 Å². The van der Waals surface area contributed by atoms with E-state index in [1.165, 1.54) is 0 Å². The van der Waals surface area contributed by atoms with Crippen molar-refractivity contribution in [1.82, 2.24) is 14.8 Å². The molecule has 5 nitrogen and oxygen atoms in total. The van der Waals surface area contributed by atoms with Gasteiger partial charge in [0.15, 0.2) is 0 Å². The summed E-state index contributed by atoms with van der Waals surface area (Å²) in [5, 5.41) is 6.30. The van der Waals surface area contributed by atoms with Crippen LogP contribution < -0.4 is 5.73 Å². The first-order valence-electron chi connectivity index (χ1n) is 7.30. The molecule has 0 radical (unpaired) electrons. The molecule has 2 N–H and O–H groups in total. The molecule has 0 unspecified atom stereocenters. The number of nitrogens with zero attached hydrogens (tertiary/aromatic N) is 3. The maximum atomic E-state index is 11.5. The maximum absolute atomic E-state index is 11.5. The molecule has 0 bridgehead atoms. The topological polar surface area (TPSA) is 73.8 Å². The van der Waals surface area contributed by atoms with Crippen molar-refractivity contribution in [2.24, 2.45) is 5.73 Å². The fourth-order valence-corrected chi connectivity index (χ4v) is 2.80.